The number of nitrogens with zero attached hydrogens (tertiary/aromatic N) is 2. The highest BCUT2D eigenvalue weighted by Crippen LogP contribution is 2.40. The van der Waals surface area contributed by atoms with Crippen molar-refractivity contribution in [2.75, 3.05) is 0 Å². The topological polar surface area (TPSA) is 8.17 Å². The lowest BCUT2D eigenvalue weighted by molar-refractivity contribution is 0.257. The highest BCUT2D eigenvalue weighted by Gasteiger charge is 2.30. The van der Waals surface area contributed by atoms with Crippen molar-refractivity contribution in [1.29, 1.82) is 0 Å². The van der Waals surface area contributed by atoms with E-state index in [4.69, 9.17) is 0 Å². The van der Waals surface area contributed by atoms with Crippen molar-refractivity contribution in [3.8, 4) is 0 Å². The van der Waals surface area contributed by atoms with Gasteiger partial charge in [0, 0.05) is 41.4 Å². The molecular weight excluding hydrogens is 431 g/mol. The quantitative estimate of drug-likeness (QED) is 0.254. The average Bonchev–Trinajstić information content (AvgIpc) is 3.22. The average molecular weight is 459 g/mol. The lowest BCUT2D eigenvalue weighted by Gasteiger charge is -2.35. The van der Waals surface area contributed by atoms with Crippen molar-refractivity contribution in [2.45, 2.75) is 25.6 Å². The summed E-state index contributed by atoms with van der Waals surface area (Å²) in [6, 6.07) is 37.1. The van der Waals surface area contributed by atoms with Gasteiger partial charge in [0.1, 0.15) is 5.82 Å². The first-order chi connectivity index (χ1) is 17.3. The van der Waals surface area contributed by atoms with E-state index in [9.17, 15) is 4.39 Å². The Morgan fingerprint density at radius 1 is 0.629 bits per heavy atom. The molecule has 1 aliphatic rings. The Labute approximate surface area is 205 Å². The number of halogens is 1. The second-order valence-electron chi connectivity index (χ2n) is 9.21. The number of hydrogen-bond donors (Lipinski definition) is 0. The normalized spacial score (nSPS) is 14.9. The van der Waals surface area contributed by atoms with E-state index in [1.807, 2.05) is 12.1 Å². The smallest absolute Gasteiger partial charge is 0.123 e. The molecular formula is C32H27FN2. The molecule has 0 saturated carbocycles. The van der Waals surface area contributed by atoms with Gasteiger partial charge in [-0.3, -0.25) is 0 Å². The molecule has 2 nitrogen and oxygen atoms in total. The SMILES string of the molecule is Fc1ccc(Cn2c3c(c4ccccc42)C=CN(Cc2ccccc2)C3Cc2ccccc2)cc1. The zero-order valence-electron chi connectivity index (χ0n) is 19.5. The van der Waals surface area contributed by atoms with Crippen LogP contribution in [0.1, 0.15) is 34.0 Å². The molecule has 1 unspecified atom stereocenters. The van der Waals surface area contributed by atoms with Crippen molar-refractivity contribution in [3.05, 3.63) is 149 Å². The van der Waals surface area contributed by atoms with E-state index in [0.29, 0.717) is 6.54 Å². The minimum absolute atomic E-state index is 0.172. The van der Waals surface area contributed by atoms with Crippen molar-refractivity contribution in [2.24, 2.45) is 0 Å². The van der Waals surface area contributed by atoms with Crippen molar-refractivity contribution >= 4 is 17.0 Å². The number of hydrogen-bond acceptors (Lipinski definition) is 1. The van der Waals surface area contributed by atoms with E-state index in [0.717, 1.165) is 18.5 Å². The van der Waals surface area contributed by atoms with Gasteiger partial charge in [-0.2, -0.15) is 0 Å². The van der Waals surface area contributed by atoms with Gasteiger partial charge >= 0.3 is 0 Å². The van der Waals surface area contributed by atoms with E-state index in [1.165, 1.54) is 33.3 Å². The molecule has 0 radical (unpaired) electrons. The third-order valence-corrected chi connectivity index (χ3v) is 6.93. The lowest BCUT2D eigenvalue weighted by Crippen LogP contribution is -2.30. The third kappa shape index (κ3) is 4.26. The van der Waals surface area contributed by atoms with Crippen LogP contribution in [0.5, 0.6) is 0 Å². The summed E-state index contributed by atoms with van der Waals surface area (Å²) in [4.78, 5) is 2.46. The van der Waals surface area contributed by atoms with Gasteiger partial charge in [-0.15, -0.1) is 0 Å². The van der Waals surface area contributed by atoms with Crippen LogP contribution in [0.25, 0.3) is 17.0 Å². The van der Waals surface area contributed by atoms with Crippen LogP contribution in [0, 0.1) is 5.82 Å². The zero-order valence-corrected chi connectivity index (χ0v) is 19.5. The summed E-state index contributed by atoms with van der Waals surface area (Å²) in [5, 5.41) is 1.26. The molecule has 0 spiro atoms. The highest BCUT2D eigenvalue weighted by molar-refractivity contribution is 5.92. The van der Waals surface area contributed by atoms with Crippen molar-refractivity contribution in [1.82, 2.24) is 9.47 Å². The molecule has 0 amide bonds. The maximum atomic E-state index is 13.6. The minimum atomic E-state index is -0.202. The minimum Gasteiger partial charge on any atom is -0.364 e. The van der Waals surface area contributed by atoms with Gasteiger partial charge < -0.3 is 9.47 Å². The van der Waals surface area contributed by atoms with E-state index >= 15 is 0 Å². The second-order valence-corrected chi connectivity index (χ2v) is 9.21. The molecule has 172 valence electrons. The van der Waals surface area contributed by atoms with Gasteiger partial charge in [0.15, 0.2) is 0 Å². The summed E-state index contributed by atoms with van der Waals surface area (Å²) in [7, 11) is 0. The van der Waals surface area contributed by atoms with Gasteiger partial charge in [-0.1, -0.05) is 91.0 Å². The first kappa shape index (κ1) is 21.4. The molecule has 6 rings (SSSR count). The Morgan fingerprint density at radius 3 is 2.00 bits per heavy atom. The third-order valence-electron chi connectivity index (χ3n) is 6.93. The van der Waals surface area contributed by atoms with Crippen LogP contribution in [0.4, 0.5) is 4.39 Å². The molecule has 0 aliphatic carbocycles. The van der Waals surface area contributed by atoms with Crippen LogP contribution >= 0.6 is 0 Å². The van der Waals surface area contributed by atoms with Gasteiger partial charge in [0.05, 0.1) is 6.04 Å². The first-order valence-electron chi connectivity index (χ1n) is 12.1. The Kier molecular flexibility index (Phi) is 5.67. The van der Waals surface area contributed by atoms with E-state index in [1.54, 1.807) is 12.1 Å². The van der Waals surface area contributed by atoms with Crippen LogP contribution < -0.4 is 0 Å². The van der Waals surface area contributed by atoms with Gasteiger partial charge in [-0.05, 0) is 47.4 Å². The molecule has 0 N–H and O–H groups in total. The maximum absolute atomic E-state index is 13.6. The monoisotopic (exact) mass is 458 g/mol. The van der Waals surface area contributed by atoms with E-state index in [-0.39, 0.29) is 11.9 Å². The maximum Gasteiger partial charge on any atom is 0.123 e. The fraction of sp³-hybridized carbons (Fsp3) is 0.125. The Balaban J connectivity index is 1.50. The van der Waals surface area contributed by atoms with Crippen LogP contribution in [-0.4, -0.2) is 9.47 Å². The largest absolute Gasteiger partial charge is 0.364 e. The summed E-state index contributed by atoms with van der Waals surface area (Å²) in [5.74, 6) is -0.202. The number of fused-ring (bicyclic) bond motifs is 3. The number of para-hydroxylation sites is 1. The van der Waals surface area contributed by atoms with Crippen LogP contribution in [0.3, 0.4) is 0 Å². The molecule has 1 aromatic heterocycles. The molecule has 0 bridgehead atoms. The Morgan fingerprint density at radius 2 is 1.26 bits per heavy atom. The van der Waals surface area contributed by atoms with Crippen LogP contribution in [-0.2, 0) is 19.5 Å². The highest BCUT2D eigenvalue weighted by atomic mass is 19.1. The summed E-state index contributed by atoms with van der Waals surface area (Å²) < 4.78 is 16.1. The molecule has 0 saturated heterocycles. The van der Waals surface area contributed by atoms with Crippen LogP contribution in [0.2, 0.25) is 0 Å². The number of benzene rings is 4. The standard InChI is InChI=1S/C32H27FN2/c33-27-17-15-26(16-18-27)23-35-30-14-8-7-13-28(30)29-19-20-34(22-25-11-5-2-6-12-25)31(32(29)35)21-24-9-3-1-4-10-24/h1-20,31H,21-23H2. The molecule has 1 atom stereocenters. The van der Waals surface area contributed by atoms with E-state index < -0.39 is 0 Å². The first-order valence-corrected chi connectivity index (χ1v) is 12.1. The zero-order chi connectivity index (χ0) is 23.6. The Hall–Kier alpha value is -4.11. The van der Waals surface area contributed by atoms with Gasteiger partial charge in [-0.25, -0.2) is 4.39 Å². The fourth-order valence-electron chi connectivity index (χ4n) is 5.27. The molecule has 3 heteroatoms. The molecule has 35 heavy (non-hydrogen) atoms. The predicted molar refractivity (Wildman–Crippen MR) is 141 cm³/mol. The molecule has 5 aromatic rings. The molecule has 1 aliphatic heterocycles. The fourth-order valence-corrected chi connectivity index (χ4v) is 5.27. The summed E-state index contributed by atoms with van der Waals surface area (Å²) in [6.45, 7) is 1.54. The Bertz CT molecular complexity index is 1470. The number of aromatic nitrogens is 1. The summed E-state index contributed by atoms with van der Waals surface area (Å²) in [6.07, 6.45) is 5.44. The van der Waals surface area contributed by atoms with E-state index in [2.05, 4.69) is 107 Å². The molecule has 0 fully saturated rings. The lowest BCUT2D eigenvalue weighted by atomic mass is 9.95. The summed E-state index contributed by atoms with van der Waals surface area (Å²) in [5.41, 5.74) is 7.52. The second kappa shape index (κ2) is 9.27. The van der Waals surface area contributed by atoms with Gasteiger partial charge in [0.25, 0.3) is 0 Å². The predicted octanol–water partition coefficient (Wildman–Crippen LogP) is 7.60. The number of rotatable bonds is 6. The van der Waals surface area contributed by atoms with Gasteiger partial charge in [0.2, 0.25) is 0 Å². The summed E-state index contributed by atoms with van der Waals surface area (Å²) >= 11 is 0. The molecule has 4 aromatic carbocycles. The molecule has 2 heterocycles. The van der Waals surface area contributed by atoms with Crippen molar-refractivity contribution < 1.29 is 4.39 Å². The van der Waals surface area contributed by atoms with Crippen molar-refractivity contribution in [3.63, 3.8) is 0 Å². The van der Waals surface area contributed by atoms with Crippen LogP contribution in [0.15, 0.2) is 115 Å².